The number of amidine groups is 1. The number of hydrogen-bond donors (Lipinski definition) is 1. The fraction of sp³-hybridized carbons (Fsp3) is 0.114. The Morgan fingerprint density at radius 1 is 0.741 bits per heavy atom. The number of hydrogen-bond acceptors (Lipinski definition) is 7. The Labute approximate surface area is 322 Å². The van der Waals surface area contributed by atoms with Crippen LogP contribution in [0.15, 0.2) is 167 Å². The SMILES string of the molecule is CCOC(=NCc1ccc(-c2ccccc2-c2nnnn2C(c2ccccc2)(c2ccccc2)c2ccccc2)cc1)Nc1cccc(C(=O)OC)c1Br. The Morgan fingerprint density at radius 2 is 1.31 bits per heavy atom. The maximum Gasteiger partial charge on any atom is 0.339 e. The molecule has 0 saturated heterocycles. The lowest BCUT2D eigenvalue weighted by molar-refractivity contribution is 0.0599. The van der Waals surface area contributed by atoms with E-state index in [1.165, 1.54) is 7.11 Å². The Balaban J connectivity index is 1.24. The summed E-state index contributed by atoms with van der Waals surface area (Å²) in [6, 6.07) is 53.2. The number of nitrogens with one attached hydrogen (secondary N) is 1. The van der Waals surface area contributed by atoms with Crippen molar-refractivity contribution in [2.45, 2.75) is 19.0 Å². The van der Waals surface area contributed by atoms with Gasteiger partial charge in [-0.15, -0.1) is 5.10 Å². The van der Waals surface area contributed by atoms with Gasteiger partial charge in [-0.25, -0.2) is 14.5 Å². The van der Waals surface area contributed by atoms with Gasteiger partial charge < -0.3 is 14.8 Å². The first-order valence-electron chi connectivity index (χ1n) is 17.5. The highest BCUT2D eigenvalue weighted by Gasteiger charge is 2.42. The van der Waals surface area contributed by atoms with Gasteiger partial charge in [0.2, 0.25) is 0 Å². The lowest BCUT2D eigenvalue weighted by atomic mass is 9.77. The molecular weight excluding hydrogens is 740 g/mol. The number of benzene rings is 6. The molecule has 0 radical (unpaired) electrons. The van der Waals surface area contributed by atoms with Crippen LogP contribution in [0.1, 0.15) is 39.5 Å². The highest BCUT2D eigenvalue weighted by atomic mass is 79.9. The van der Waals surface area contributed by atoms with Gasteiger partial charge in [-0.3, -0.25) is 0 Å². The van der Waals surface area contributed by atoms with Crippen LogP contribution in [0.3, 0.4) is 0 Å². The molecule has 10 heteroatoms. The van der Waals surface area contributed by atoms with E-state index in [0.29, 0.717) is 40.7 Å². The van der Waals surface area contributed by atoms with Crippen molar-refractivity contribution in [1.82, 2.24) is 20.2 Å². The number of methoxy groups -OCH3 is 1. The molecule has 0 amide bonds. The van der Waals surface area contributed by atoms with E-state index in [0.717, 1.165) is 38.9 Å². The molecule has 7 aromatic rings. The zero-order valence-electron chi connectivity index (χ0n) is 29.8. The van der Waals surface area contributed by atoms with E-state index in [1.807, 2.05) is 48.0 Å². The number of aromatic nitrogens is 4. The summed E-state index contributed by atoms with van der Waals surface area (Å²) in [5.74, 6) is 0.187. The monoisotopic (exact) mass is 776 g/mol. The standard InChI is InChI=1S/C44H37BrN6O3/c1-3-54-43(47-39-25-15-24-38(40(39)45)42(52)53-2)46-30-31-26-28-32(29-27-31)36-22-13-14-23-37(36)41-48-49-50-51(41)44(33-16-7-4-8-17-33,34-18-9-5-10-19-34)35-20-11-6-12-21-35/h4-29H,3,30H2,1-2H3,(H,46,47). The maximum absolute atomic E-state index is 12.2. The summed E-state index contributed by atoms with van der Waals surface area (Å²) in [6.45, 7) is 2.67. The molecule has 268 valence electrons. The Morgan fingerprint density at radius 3 is 1.89 bits per heavy atom. The minimum absolute atomic E-state index is 0.334. The van der Waals surface area contributed by atoms with Crippen molar-refractivity contribution in [3.8, 4) is 22.5 Å². The van der Waals surface area contributed by atoms with Gasteiger partial charge in [0, 0.05) is 5.56 Å². The first-order chi connectivity index (χ1) is 26.5. The summed E-state index contributed by atoms with van der Waals surface area (Å²) in [5.41, 5.74) is 7.11. The summed E-state index contributed by atoms with van der Waals surface area (Å²) in [6.07, 6.45) is 0. The lowest BCUT2D eigenvalue weighted by Gasteiger charge is -2.36. The molecule has 9 nitrogen and oxygen atoms in total. The number of carbonyl (C=O) groups is 1. The van der Waals surface area contributed by atoms with Crippen LogP contribution in [0.25, 0.3) is 22.5 Å². The molecule has 0 aliphatic carbocycles. The van der Waals surface area contributed by atoms with Crippen LogP contribution in [0.4, 0.5) is 5.69 Å². The topological polar surface area (TPSA) is 104 Å². The van der Waals surface area contributed by atoms with Crippen molar-refractivity contribution in [2.24, 2.45) is 4.99 Å². The number of rotatable bonds is 11. The van der Waals surface area contributed by atoms with Crippen molar-refractivity contribution in [2.75, 3.05) is 19.0 Å². The van der Waals surface area contributed by atoms with Gasteiger partial charge in [0.05, 0.1) is 36.0 Å². The van der Waals surface area contributed by atoms with Crippen LogP contribution in [0, 0.1) is 0 Å². The third-order valence-corrected chi connectivity index (χ3v) is 9.98. The molecule has 6 aromatic carbocycles. The normalized spacial score (nSPS) is 11.6. The molecule has 0 bridgehead atoms. The second kappa shape index (κ2) is 16.5. The van der Waals surface area contributed by atoms with Crippen molar-refractivity contribution in [1.29, 1.82) is 0 Å². The minimum Gasteiger partial charge on any atom is -0.465 e. The second-order valence-electron chi connectivity index (χ2n) is 12.3. The predicted molar refractivity (Wildman–Crippen MR) is 215 cm³/mol. The highest BCUT2D eigenvalue weighted by molar-refractivity contribution is 9.10. The number of ether oxygens (including phenoxy) is 2. The molecule has 7 rings (SSSR count). The smallest absolute Gasteiger partial charge is 0.339 e. The number of halogens is 1. The van der Waals surface area contributed by atoms with Gasteiger partial charge in [-0.2, -0.15) is 0 Å². The van der Waals surface area contributed by atoms with Crippen molar-refractivity contribution >= 4 is 33.6 Å². The number of carbonyl (C=O) groups excluding carboxylic acids is 1. The lowest BCUT2D eigenvalue weighted by Crippen LogP contribution is -2.39. The third kappa shape index (κ3) is 7.16. The van der Waals surface area contributed by atoms with E-state index in [1.54, 1.807) is 12.1 Å². The number of anilines is 1. The van der Waals surface area contributed by atoms with Gasteiger partial charge >= 0.3 is 5.97 Å². The molecule has 0 unspecified atom stereocenters. The molecule has 0 spiro atoms. The Bertz CT molecular complexity index is 2270. The van der Waals surface area contributed by atoms with E-state index in [-0.39, 0.29) is 0 Å². The predicted octanol–water partition coefficient (Wildman–Crippen LogP) is 9.40. The van der Waals surface area contributed by atoms with Crippen LogP contribution in [-0.4, -0.2) is 45.9 Å². The molecule has 0 aliphatic rings. The van der Waals surface area contributed by atoms with Crippen LogP contribution in [0.2, 0.25) is 0 Å². The molecule has 54 heavy (non-hydrogen) atoms. The van der Waals surface area contributed by atoms with Gasteiger partial charge in [0.15, 0.2) is 5.82 Å². The number of aliphatic imine (C=N–C) groups is 1. The van der Waals surface area contributed by atoms with Crippen LogP contribution in [-0.2, 0) is 21.6 Å². The van der Waals surface area contributed by atoms with E-state index in [9.17, 15) is 4.79 Å². The first kappa shape index (κ1) is 36.0. The molecule has 1 heterocycles. The molecule has 0 aliphatic heterocycles. The molecule has 0 atom stereocenters. The number of esters is 1. The molecule has 1 N–H and O–H groups in total. The van der Waals surface area contributed by atoms with E-state index in [2.05, 4.69) is 136 Å². The average molecular weight is 778 g/mol. The summed E-state index contributed by atoms with van der Waals surface area (Å²) in [5, 5.41) is 16.9. The van der Waals surface area contributed by atoms with Crippen LogP contribution >= 0.6 is 15.9 Å². The second-order valence-corrected chi connectivity index (χ2v) is 13.1. The van der Waals surface area contributed by atoms with E-state index < -0.39 is 11.5 Å². The molecule has 1 aromatic heterocycles. The zero-order chi connectivity index (χ0) is 37.3. The van der Waals surface area contributed by atoms with Crippen LogP contribution < -0.4 is 5.32 Å². The van der Waals surface area contributed by atoms with Gasteiger partial charge in [0.25, 0.3) is 6.02 Å². The fourth-order valence-electron chi connectivity index (χ4n) is 6.64. The minimum atomic E-state index is -0.875. The average Bonchev–Trinajstić information content (AvgIpc) is 3.72. The third-order valence-electron chi connectivity index (χ3n) is 9.13. The van der Waals surface area contributed by atoms with Crippen LogP contribution in [0.5, 0.6) is 0 Å². The largest absolute Gasteiger partial charge is 0.465 e. The fourth-order valence-corrected chi connectivity index (χ4v) is 7.16. The van der Waals surface area contributed by atoms with Crippen molar-refractivity contribution in [3.63, 3.8) is 0 Å². The Kier molecular flexibility index (Phi) is 11.0. The summed E-state index contributed by atoms with van der Waals surface area (Å²) < 4.78 is 13.2. The quantitative estimate of drug-likeness (QED) is 0.0605. The van der Waals surface area contributed by atoms with Crippen molar-refractivity contribution in [3.05, 3.63) is 190 Å². The number of tetrazole rings is 1. The summed E-state index contributed by atoms with van der Waals surface area (Å²) >= 11 is 3.51. The first-order valence-corrected chi connectivity index (χ1v) is 18.3. The summed E-state index contributed by atoms with van der Waals surface area (Å²) in [4.78, 5) is 16.9. The molecular formula is C44H37BrN6O3. The molecule has 0 saturated carbocycles. The highest BCUT2D eigenvalue weighted by Crippen LogP contribution is 2.43. The zero-order valence-corrected chi connectivity index (χ0v) is 31.4. The van der Waals surface area contributed by atoms with Gasteiger partial charge in [-0.1, -0.05) is 146 Å². The Hall–Kier alpha value is -6.39. The van der Waals surface area contributed by atoms with Gasteiger partial charge in [-0.05, 0) is 78.8 Å². The van der Waals surface area contributed by atoms with Crippen molar-refractivity contribution < 1.29 is 14.3 Å². The maximum atomic E-state index is 12.2. The summed E-state index contributed by atoms with van der Waals surface area (Å²) in [7, 11) is 1.35. The number of nitrogens with zero attached hydrogens (tertiary/aromatic N) is 5. The van der Waals surface area contributed by atoms with E-state index >= 15 is 0 Å². The molecule has 0 fully saturated rings. The van der Waals surface area contributed by atoms with Gasteiger partial charge in [0.1, 0.15) is 5.54 Å². The van der Waals surface area contributed by atoms with E-state index in [4.69, 9.17) is 24.8 Å².